The number of carbonyl (C=O) groups is 2. The number of aromatic nitrogens is 2. The number of fused-ring (bicyclic) bond motifs is 1. The number of thiophene rings is 1. The number of nitrogens with one attached hydrogen (secondary N) is 2. The van der Waals surface area contributed by atoms with Crippen molar-refractivity contribution >= 4 is 33.6 Å². The van der Waals surface area contributed by atoms with Crippen LogP contribution in [-0.2, 0) is 16.1 Å². The van der Waals surface area contributed by atoms with Gasteiger partial charge >= 0.3 is 12.0 Å². The summed E-state index contributed by atoms with van der Waals surface area (Å²) in [4.78, 5) is 41.3. The molecule has 0 aromatic carbocycles. The Hall–Kier alpha value is -2.68. The number of nitrogens with zero attached hydrogens (tertiary/aromatic N) is 2. The van der Waals surface area contributed by atoms with Gasteiger partial charge in [-0.05, 0) is 25.3 Å². The van der Waals surface area contributed by atoms with Gasteiger partial charge in [-0.3, -0.25) is 9.36 Å². The number of hydrogen-bond acceptors (Lipinski definition) is 6. The minimum absolute atomic E-state index is 0.0313. The molecular formula is C15H16N4O4S. The first-order valence-corrected chi connectivity index (χ1v) is 8.29. The number of ether oxygens (including phenoxy) is 1. The van der Waals surface area contributed by atoms with Crippen LogP contribution in [0.4, 0.5) is 4.79 Å². The molecule has 2 aromatic heterocycles. The minimum Gasteiger partial charge on any atom is -0.463 e. The van der Waals surface area contributed by atoms with E-state index >= 15 is 0 Å². The van der Waals surface area contributed by atoms with E-state index in [4.69, 9.17) is 4.74 Å². The average Bonchev–Trinajstić information content (AvgIpc) is 2.99. The second-order valence-corrected chi connectivity index (χ2v) is 6.14. The number of amides is 2. The molecule has 2 N–H and O–H groups in total. The third kappa shape index (κ3) is 2.90. The van der Waals surface area contributed by atoms with Crippen molar-refractivity contribution in [1.82, 2.24) is 20.2 Å². The highest BCUT2D eigenvalue weighted by molar-refractivity contribution is 7.16. The number of carbonyl (C=O) groups excluding carboxylic acids is 2. The maximum atomic E-state index is 12.5. The molecule has 3 rings (SSSR count). The van der Waals surface area contributed by atoms with Crippen molar-refractivity contribution in [1.29, 1.82) is 0 Å². The summed E-state index contributed by atoms with van der Waals surface area (Å²) in [6, 6.07) is 0.764. The fourth-order valence-electron chi connectivity index (χ4n) is 2.58. The molecule has 0 radical (unpaired) electrons. The molecule has 0 aliphatic carbocycles. The van der Waals surface area contributed by atoms with Gasteiger partial charge in [0.05, 0.1) is 42.2 Å². The van der Waals surface area contributed by atoms with Crippen LogP contribution in [-0.4, -0.2) is 34.2 Å². The van der Waals surface area contributed by atoms with E-state index < -0.39 is 18.0 Å². The van der Waals surface area contributed by atoms with E-state index in [0.717, 1.165) is 0 Å². The van der Waals surface area contributed by atoms with Crippen molar-refractivity contribution in [3.05, 3.63) is 39.4 Å². The lowest BCUT2D eigenvalue weighted by molar-refractivity contribution is -0.139. The molecule has 1 atom stereocenters. The second kappa shape index (κ2) is 6.44. The predicted octanol–water partition coefficient (Wildman–Crippen LogP) is 0.976. The molecule has 0 fully saturated rings. The third-order valence-corrected chi connectivity index (χ3v) is 4.47. The Balaban J connectivity index is 2.03. The Morgan fingerprint density at radius 1 is 1.46 bits per heavy atom. The van der Waals surface area contributed by atoms with Gasteiger partial charge in [-0.15, -0.1) is 11.3 Å². The first kappa shape index (κ1) is 16.2. The Kier molecular flexibility index (Phi) is 4.34. The van der Waals surface area contributed by atoms with Crippen molar-refractivity contribution in [2.45, 2.75) is 26.4 Å². The van der Waals surface area contributed by atoms with E-state index in [9.17, 15) is 14.4 Å². The summed E-state index contributed by atoms with van der Waals surface area (Å²) in [6.07, 6.45) is 1.41. The fourth-order valence-corrected chi connectivity index (χ4v) is 3.30. The molecule has 1 unspecified atom stereocenters. The molecule has 2 amide bonds. The van der Waals surface area contributed by atoms with E-state index in [-0.39, 0.29) is 18.7 Å². The Bertz CT molecular complexity index is 898. The fraction of sp³-hybridized carbons (Fsp3) is 0.333. The monoisotopic (exact) mass is 348 g/mol. The number of rotatable bonds is 4. The number of urea groups is 1. The van der Waals surface area contributed by atoms with Crippen LogP contribution in [0.3, 0.4) is 0 Å². The van der Waals surface area contributed by atoms with Crippen molar-refractivity contribution in [3.63, 3.8) is 0 Å². The molecule has 9 heteroatoms. The molecule has 0 spiro atoms. The predicted molar refractivity (Wildman–Crippen MR) is 88.7 cm³/mol. The normalized spacial score (nSPS) is 17.6. The molecule has 1 aliphatic rings. The van der Waals surface area contributed by atoms with E-state index in [0.29, 0.717) is 21.5 Å². The number of allylic oxidation sites excluding steroid dienone is 1. The number of hydrogen-bond donors (Lipinski definition) is 2. The van der Waals surface area contributed by atoms with Crippen LogP contribution in [0.15, 0.2) is 33.8 Å². The molecule has 0 bridgehead atoms. The summed E-state index contributed by atoms with van der Waals surface area (Å²) in [5.74, 6) is -0.523. The molecule has 0 saturated carbocycles. The summed E-state index contributed by atoms with van der Waals surface area (Å²) < 4.78 is 6.42. The molecule has 2 aromatic rings. The van der Waals surface area contributed by atoms with Crippen LogP contribution in [0.1, 0.15) is 13.8 Å². The van der Waals surface area contributed by atoms with E-state index in [1.54, 1.807) is 25.3 Å². The summed E-state index contributed by atoms with van der Waals surface area (Å²) in [5.41, 5.74) is 0.411. The summed E-state index contributed by atoms with van der Waals surface area (Å²) >= 11 is 1.38. The first-order chi connectivity index (χ1) is 11.5. The van der Waals surface area contributed by atoms with E-state index in [2.05, 4.69) is 15.6 Å². The summed E-state index contributed by atoms with van der Waals surface area (Å²) in [7, 11) is 0. The zero-order valence-electron chi connectivity index (χ0n) is 13.2. The largest absolute Gasteiger partial charge is 0.463 e. The Morgan fingerprint density at radius 2 is 2.25 bits per heavy atom. The Morgan fingerprint density at radius 3 is 3.00 bits per heavy atom. The molecular weight excluding hydrogens is 332 g/mol. The third-order valence-electron chi connectivity index (χ3n) is 3.64. The highest BCUT2D eigenvalue weighted by Gasteiger charge is 2.30. The maximum absolute atomic E-state index is 12.5. The van der Waals surface area contributed by atoms with Crippen molar-refractivity contribution < 1.29 is 14.3 Å². The maximum Gasteiger partial charge on any atom is 0.337 e. The first-order valence-electron chi connectivity index (χ1n) is 7.41. The zero-order valence-corrected chi connectivity index (χ0v) is 14.0. The van der Waals surface area contributed by atoms with Crippen LogP contribution < -0.4 is 16.2 Å². The van der Waals surface area contributed by atoms with Crippen LogP contribution in [0.25, 0.3) is 10.2 Å². The summed E-state index contributed by atoms with van der Waals surface area (Å²) in [5, 5.41) is 7.51. The molecule has 8 nitrogen and oxygen atoms in total. The van der Waals surface area contributed by atoms with E-state index in [1.807, 2.05) is 0 Å². The second-order valence-electron chi connectivity index (χ2n) is 5.25. The lowest BCUT2D eigenvalue weighted by Gasteiger charge is -2.26. The lowest BCUT2D eigenvalue weighted by atomic mass is 10.0. The van der Waals surface area contributed by atoms with Crippen LogP contribution in [0.2, 0.25) is 0 Å². The topological polar surface area (TPSA) is 102 Å². The molecule has 24 heavy (non-hydrogen) atoms. The van der Waals surface area contributed by atoms with Gasteiger partial charge < -0.3 is 15.4 Å². The van der Waals surface area contributed by atoms with Crippen LogP contribution in [0, 0.1) is 0 Å². The Labute approximate surface area is 141 Å². The van der Waals surface area contributed by atoms with Gasteiger partial charge in [-0.25, -0.2) is 14.6 Å². The SMILES string of the molecule is CCOC(=O)C1=C(Cn2cnc3sccc3c2=O)NC(=O)NC1C. The highest BCUT2D eigenvalue weighted by Crippen LogP contribution is 2.17. The molecule has 3 heterocycles. The van der Waals surface area contributed by atoms with Crippen LogP contribution in [0.5, 0.6) is 0 Å². The van der Waals surface area contributed by atoms with Crippen molar-refractivity contribution in [3.8, 4) is 0 Å². The van der Waals surface area contributed by atoms with Gasteiger partial charge in [-0.2, -0.15) is 0 Å². The standard InChI is InChI=1S/C15H16N4O4S/c1-3-23-14(21)11-8(2)17-15(22)18-10(11)6-19-7-16-12-9(13(19)20)4-5-24-12/h4-5,7-8H,3,6H2,1-2H3,(H2,17,18,22). The van der Waals surface area contributed by atoms with E-state index in [1.165, 1.54) is 22.2 Å². The molecule has 0 saturated heterocycles. The highest BCUT2D eigenvalue weighted by atomic mass is 32.1. The van der Waals surface area contributed by atoms with Gasteiger partial charge in [0.2, 0.25) is 0 Å². The average molecular weight is 348 g/mol. The van der Waals surface area contributed by atoms with Gasteiger partial charge in [0, 0.05) is 0 Å². The van der Waals surface area contributed by atoms with Crippen LogP contribution >= 0.6 is 11.3 Å². The molecule has 1 aliphatic heterocycles. The number of esters is 1. The quantitative estimate of drug-likeness (QED) is 0.802. The summed E-state index contributed by atoms with van der Waals surface area (Å²) in [6.45, 7) is 3.65. The van der Waals surface area contributed by atoms with Gasteiger partial charge in [0.15, 0.2) is 0 Å². The molecule has 126 valence electrons. The lowest BCUT2D eigenvalue weighted by Crippen LogP contribution is -2.50. The van der Waals surface area contributed by atoms with Crippen molar-refractivity contribution in [2.75, 3.05) is 6.61 Å². The van der Waals surface area contributed by atoms with Gasteiger partial charge in [-0.1, -0.05) is 0 Å². The minimum atomic E-state index is -0.523. The smallest absolute Gasteiger partial charge is 0.337 e. The zero-order chi connectivity index (χ0) is 17.3. The van der Waals surface area contributed by atoms with Crippen molar-refractivity contribution in [2.24, 2.45) is 0 Å². The van der Waals surface area contributed by atoms with Gasteiger partial charge in [0.1, 0.15) is 4.83 Å². The van der Waals surface area contributed by atoms with Gasteiger partial charge in [0.25, 0.3) is 5.56 Å².